The fraction of sp³-hybridized carbons (Fsp3) is 0.0769. The number of hydrogen-bond donors (Lipinski definition) is 4. The molecule has 112 valence electrons. The third-order valence-corrected chi connectivity index (χ3v) is 3.40. The smallest absolute Gasteiger partial charge is 0.296 e. The predicted octanol–water partition coefficient (Wildman–Crippen LogP) is 2.27. The summed E-state index contributed by atoms with van der Waals surface area (Å²) in [5, 5.41) is 18.2. The number of anilines is 2. The molecule has 0 aliphatic carbocycles. The van der Waals surface area contributed by atoms with Gasteiger partial charge in [0.1, 0.15) is 5.75 Å². The van der Waals surface area contributed by atoms with Crippen molar-refractivity contribution in [3.8, 4) is 5.75 Å². The summed E-state index contributed by atoms with van der Waals surface area (Å²) in [5.74, 6) is 0.130. The van der Waals surface area contributed by atoms with Crippen LogP contribution < -0.4 is 15.2 Å². The van der Waals surface area contributed by atoms with Crippen LogP contribution in [0.25, 0.3) is 0 Å². The van der Waals surface area contributed by atoms with Crippen molar-refractivity contribution in [3.63, 3.8) is 0 Å². The number of benzene rings is 2. The lowest BCUT2D eigenvalue weighted by Crippen LogP contribution is -2.21. The SMILES string of the molecule is NS(=O)(=O)Nc1cccc(NCc2cc(Cl)ccc2O)c1. The third-order valence-electron chi connectivity index (χ3n) is 2.65. The number of phenols is 1. The average Bonchev–Trinajstić information content (AvgIpc) is 2.38. The van der Waals surface area contributed by atoms with Crippen LogP contribution in [0.5, 0.6) is 5.75 Å². The van der Waals surface area contributed by atoms with Crippen LogP contribution in [0.1, 0.15) is 5.56 Å². The average molecular weight is 328 g/mol. The van der Waals surface area contributed by atoms with Gasteiger partial charge in [0.05, 0.1) is 5.69 Å². The molecule has 0 aromatic heterocycles. The van der Waals surface area contributed by atoms with Gasteiger partial charge in [-0.25, -0.2) is 5.14 Å². The minimum absolute atomic E-state index is 0.130. The van der Waals surface area contributed by atoms with Crippen molar-refractivity contribution in [3.05, 3.63) is 53.1 Å². The zero-order valence-electron chi connectivity index (χ0n) is 10.9. The second-order valence-electron chi connectivity index (χ2n) is 4.35. The van der Waals surface area contributed by atoms with Crippen LogP contribution in [0.4, 0.5) is 11.4 Å². The maximum Gasteiger partial charge on any atom is 0.296 e. The molecule has 0 saturated carbocycles. The molecule has 0 radical (unpaired) electrons. The molecule has 0 spiro atoms. The molecule has 0 heterocycles. The van der Waals surface area contributed by atoms with Crippen LogP contribution in [-0.2, 0) is 16.8 Å². The molecule has 0 bridgehead atoms. The summed E-state index contributed by atoms with van der Waals surface area (Å²) >= 11 is 5.87. The molecule has 2 rings (SSSR count). The van der Waals surface area contributed by atoms with Crippen molar-refractivity contribution >= 4 is 33.2 Å². The number of nitrogens with one attached hydrogen (secondary N) is 2. The lowest BCUT2D eigenvalue weighted by atomic mass is 10.2. The highest BCUT2D eigenvalue weighted by atomic mass is 35.5. The Bertz CT molecular complexity index is 750. The van der Waals surface area contributed by atoms with Crippen molar-refractivity contribution in [1.82, 2.24) is 0 Å². The zero-order chi connectivity index (χ0) is 15.5. The van der Waals surface area contributed by atoms with Gasteiger partial charge in [0.2, 0.25) is 0 Å². The van der Waals surface area contributed by atoms with E-state index in [1.54, 1.807) is 36.4 Å². The summed E-state index contributed by atoms with van der Waals surface area (Å²) in [6.45, 7) is 0.339. The molecule has 5 N–H and O–H groups in total. The molecule has 0 unspecified atom stereocenters. The van der Waals surface area contributed by atoms with E-state index in [0.29, 0.717) is 28.5 Å². The van der Waals surface area contributed by atoms with Crippen molar-refractivity contribution in [2.45, 2.75) is 6.54 Å². The van der Waals surface area contributed by atoms with Gasteiger partial charge >= 0.3 is 0 Å². The lowest BCUT2D eigenvalue weighted by molar-refractivity contribution is 0.469. The maximum absolute atomic E-state index is 11.0. The first-order valence-electron chi connectivity index (χ1n) is 5.95. The standard InChI is InChI=1S/C13H14ClN3O3S/c14-10-4-5-13(18)9(6-10)8-16-11-2-1-3-12(7-11)17-21(15,19)20/h1-7,16-18H,8H2,(H2,15,19,20). The molecule has 8 heteroatoms. The number of nitrogens with two attached hydrogens (primary N) is 1. The van der Waals surface area contributed by atoms with E-state index in [4.69, 9.17) is 16.7 Å². The van der Waals surface area contributed by atoms with Crippen molar-refractivity contribution < 1.29 is 13.5 Å². The Labute approximate surface area is 127 Å². The van der Waals surface area contributed by atoms with Crippen LogP contribution in [-0.4, -0.2) is 13.5 Å². The van der Waals surface area contributed by atoms with Crippen LogP contribution in [0.2, 0.25) is 5.02 Å². The predicted molar refractivity (Wildman–Crippen MR) is 83.6 cm³/mol. The molecule has 0 aliphatic rings. The Morgan fingerprint density at radius 3 is 2.57 bits per heavy atom. The van der Waals surface area contributed by atoms with Gasteiger partial charge < -0.3 is 10.4 Å². The molecule has 0 aliphatic heterocycles. The van der Waals surface area contributed by atoms with Crippen molar-refractivity contribution in [2.75, 3.05) is 10.0 Å². The van der Waals surface area contributed by atoms with Gasteiger partial charge in [0.25, 0.3) is 10.2 Å². The van der Waals surface area contributed by atoms with Gasteiger partial charge in [-0.2, -0.15) is 8.42 Å². The van der Waals surface area contributed by atoms with Gasteiger partial charge in [0.15, 0.2) is 0 Å². The topological polar surface area (TPSA) is 104 Å². The van der Waals surface area contributed by atoms with Gasteiger partial charge in [-0.05, 0) is 36.4 Å². The van der Waals surface area contributed by atoms with Gasteiger partial charge in [0, 0.05) is 22.8 Å². The summed E-state index contributed by atoms with van der Waals surface area (Å²) in [4.78, 5) is 0. The highest BCUT2D eigenvalue weighted by molar-refractivity contribution is 7.90. The molecular formula is C13H14ClN3O3S. The number of phenolic OH excluding ortho intramolecular Hbond substituents is 1. The molecule has 0 saturated heterocycles. The van der Waals surface area contributed by atoms with Gasteiger partial charge in [-0.3, -0.25) is 4.72 Å². The zero-order valence-corrected chi connectivity index (χ0v) is 12.4. The summed E-state index contributed by atoms with van der Waals surface area (Å²) < 4.78 is 24.1. The first kappa shape index (κ1) is 15.4. The number of rotatable bonds is 5. The lowest BCUT2D eigenvalue weighted by Gasteiger charge is -2.10. The Hall–Kier alpha value is -1.96. The Balaban J connectivity index is 2.10. The molecular weight excluding hydrogens is 314 g/mol. The molecule has 2 aromatic rings. The highest BCUT2D eigenvalue weighted by Gasteiger charge is 2.05. The summed E-state index contributed by atoms with van der Waals surface area (Å²) in [6.07, 6.45) is 0. The van der Waals surface area contributed by atoms with E-state index in [1.165, 1.54) is 6.07 Å². The minimum Gasteiger partial charge on any atom is -0.508 e. The fourth-order valence-electron chi connectivity index (χ4n) is 1.75. The van der Waals surface area contributed by atoms with E-state index in [2.05, 4.69) is 10.0 Å². The van der Waals surface area contributed by atoms with Crippen LogP contribution >= 0.6 is 11.6 Å². The first-order chi connectivity index (χ1) is 9.83. The van der Waals surface area contributed by atoms with Gasteiger partial charge in [-0.15, -0.1) is 0 Å². The Kier molecular flexibility index (Phi) is 4.56. The monoisotopic (exact) mass is 327 g/mol. The second kappa shape index (κ2) is 6.21. The number of halogens is 1. The van der Waals surface area contributed by atoms with Crippen LogP contribution in [0.15, 0.2) is 42.5 Å². The number of aromatic hydroxyl groups is 1. The van der Waals surface area contributed by atoms with Gasteiger partial charge in [-0.1, -0.05) is 17.7 Å². The van der Waals surface area contributed by atoms with E-state index in [-0.39, 0.29) is 5.75 Å². The number of hydrogen-bond acceptors (Lipinski definition) is 4. The fourth-order valence-corrected chi connectivity index (χ4v) is 2.40. The minimum atomic E-state index is -3.81. The quantitative estimate of drug-likeness (QED) is 0.676. The molecule has 2 aromatic carbocycles. The highest BCUT2D eigenvalue weighted by Crippen LogP contribution is 2.23. The van der Waals surface area contributed by atoms with E-state index in [1.807, 2.05) is 0 Å². The maximum atomic E-state index is 11.0. The van der Waals surface area contributed by atoms with E-state index in [9.17, 15) is 13.5 Å². The Morgan fingerprint density at radius 2 is 1.86 bits per heavy atom. The first-order valence-corrected chi connectivity index (χ1v) is 7.88. The molecule has 0 amide bonds. The van der Waals surface area contributed by atoms with Crippen molar-refractivity contribution in [2.24, 2.45) is 5.14 Å². The van der Waals surface area contributed by atoms with E-state index < -0.39 is 10.2 Å². The molecule has 0 atom stereocenters. The third kappa shape index (κ3) is 4.82. The summed E-state index contributed by atoms with van der Waals surface area (Å²) in [5.41, 5.74) is 1.65. The van der Waals surface area contributed by atoms with Crippen LogP contribution in [0, 0.1) is 0 Å². The van der Waals surface area contributed by atoms with Crippen molar-refractivity contribution in [1.29, 1.82) is 0 Å². The van der Waals surface area contributed by atoms with Crippen LogP contribution in [0.3, 0.4) is 0 Å². The normalized spacial score (nSPS) is 11.1. The van der Waals surface area contributed by atoms with E-state index in [0.717, 1.165) is 0 Å². The molecule has 0 fully saturated rings. The second-order valence-corrected chi connectivity index (χ2v) is 6.09. The molecule has 6 nitrogen and oxygen atoms in total. The largest absolute Gasteiger partial charge is 0.508 e. The molecule has 21 heavy (non-hydrogen) atoms. The van der Waals surface area contributed by atoms with E-state index >= 15 is 0 Å². The summed E-state index contributed by atoms with van der Waals surface area (Å²) in [6, 6.07) is 11.4. The summed E-state index contributed by atoms with van der Waals surface area (Å²) in [7, 11) is -3.81. The Morgan fingerprint density at radius 1 is 1.14 bits per heavy atom.